The van der Waals surface area contributed by atoms with Crippen molar-refractivity contribution in [3.63, 3.8) is 0 Å². The van der Waals surface area contributed by atoms with E-state index in [4.69, 9.17) is 11.6 Å². The summed E-state index contributed by atoms with van der Waals surface area (Å²) < 4.78 is 1.58. The van der Waals surface area contributed by atoms with Crippen LogP contribution in [0.2, 0.25) is 5.02 Å². The molecular weight excluding hydrogens is 434 g/mol. The van der Waals surface area contributed by atoms with Gasteiger partial charge in [0.25, 0.3) is 5.91 Å². The minimum atomic E-state index is -0.347. The van der Waals surface area contributed by atoms with Crippen LogP contribution in [0.15, 0.2) is 48.5 Å². The minimum absolute atomic E-state index is 0.144. The molecular formula is C22H22ClN5O2S. The topological polar surface area (TPSA) is 80.1 Å². The molecule has 0 bridgehead atoms. The predicted molar refractivity (Wildman–Crippen MR) is 123 cm³/mol. The molecule has 1 fully saturated rings. The lowest BCUT2D eigenvalue weighted by molar-refractivity contribution is -0.130. The van der Waals surface area contributed by atoms with Gasteiger partial charge < -0.3 is 10.2 Å². The van der Waals surface area contributed by atoms with Crippen LogP contribution >= 0.6 is 23.4 Å². The van der Waals surface area contributed by atoms with E-state index in [1.54, 1.807) is 35.9 Å². The Hall–Kier alpha value is -2.84. The Balaban J connectivity index is 1.40. The van der Waals surface area contributed by atoms with Crippen LogP contribution < -0.4 is 5.32 Å². The fourth-order valence-electron chi connectivity index (χ4n) is 3.39. The lowest BCUT2D eigenvalue weighted by Gasteiger charge is -2.26. The molecule has 0 spiro atoms. The summed E-state index contributed by atoms with van der Waals surface area (Å²) >= 11 is 7.93. The molecule has 0 atom stereocenters. The molecule has 0 saturated carbocycles. The van der Waals surface area contributed by atoms with Gasteiger partial charge in [0, 0.05) is 35.3 Å². The van der Waals surface area contributed by atoms with Crippen molar-refractivity contribution in [3.05, 3.63) is 70.5 Å². The van der Waals surface area contributed by atoms with E-state index in [1.807, 2.05) is 40.9 Å². The summed E-state index contributed by atoms with van der Waals surface area (Å²) in [6, 6.07) is 14.5. The molecule has 2 amide bonds. The van der Waals surface area contributed by atoms with Crippen molar-refractivity contribution >= 4 is 40.9 Å². The molecule has 31 heavy (non-hydrogen) atoms. The van der Waals surface area contributed by atoms with E-state index in [2.05, 4.69) is 15.6 Å². The molecule has 1 N–H and O–H groups in total. The van der Waals surface area contributed by atoms with Crippen LogP contribution in [-0.2, 0) is 11.2 Å². The largest absolute Gasteiger partial charge is 0.341 e. The average Bonchev–Trinajstić information content (AvgIpc) is 3.17. The second-order valence-corrected chi connectivity index (χ2v) is 8.90. The Morgan fingerprint density at radius 3 is 2.58 bits per heavy atom. The van der Waals surface area contributed by atoms with Gasteiger partial charge in [0.15, 0.2) is 5.69 Å². The summed E-state index contributed by atoms with van der Waals surface area (Å²) in [5.74, 6) is 1.79. The van der Waals surface area contributed by atoms with Gasteiger partial charge in [-0.05, 0) is 42.8 Å². The number of hydrogen-bond donors (Lipinski definition) is 1. The van der Waals surface area contributed by atoms with Crippen LogP contribution in [0, 0.1) is 6.92 Å². The van der Waals surface area contributed by atoms with Crippen molar-refractivity contribution < 1.29 is 9.59 Å². The third-order valence-corrected chi connectivity index (χ3v) is 6.27. The number of halogens is 1. The van der Waals surface area contributed by atoms with Gasteiger partial charge in [-0.3, -0.25) is 9.59 Å². The highest BCUT2D eigenvalue weighted by Gasteiger charge is 2.19. The highest BCUT2D eigenvalue weighted by molar-refractivity contribution is 7.99. The molecule has 1 aliphatic rings. The van der Waals surface area contributed by atoms with Crippen molar-refractivity contribution in [2.75, 3.05) is 29.9 Å². The molecule has 4 rings (SSSR count). The van der Waals surface area contributed by atoms with Crippen molar-refractivity contribution in [3.8, 4) is 5.69 Å². The summed E-state index contributed by atoms with van der Waals surface area (Å²) in [5, 5.41) is 11.5. The first-order valence-electron chi connectivity index (χ1n) is 9.95. The van der Waals surface area contributed by atoms with E-state index in [1.165, 1.54) is 0 Å². The number of thioether (sulfide) groups is 1. The predicted octanol–water partition coefficient (Wildman–Crippen LogP) is 3.60. The molecule has 0 aliphatic carbocycles. The van der Waals surface area contributed by atoms with Crippen LogP contribution in [0.3, 0.4) is 0 Å². The van der Waals surface area contributed by atoms with E-state index in [0.29, 0.717) is 22.8 Å². The van der Waals surface area contributed by atoms with E-state index in [0.717, 1.165) is 35.8 Å². The lowest BCUT2D eigenvalue weighted by Crippen LogP contribution is -2.38. The normalized spacial score (nSPS) is 13.8. The lowest BCUT2D eigenvalue weighted by atomic mass is 10.1. The second kappa shape index (κ2) is 9.53. The van der Waals surface area contributed by atoms with Gasteiger partial charge in [0.05, 0.1) is 17.8 Å². The minimum Gasteiger partial charge on any atom is -0.341 e. The molecule has 1 aliphatic heterocycles. The highest BCUT2D eigenvalue weighted by atomic mass is 35.5. The standard InChI is InChI=1S/C22H22ClN5O2S/c1-15-21(25-26-28(15)19-4-2-3-17(23)14-19)22(30)24-18-7-5-16(6-8-18)13-20(29)27-9-11-31-12-10-27/h2-8,14H,9-13H2,1H3,(H,24,30). The number of hydrogen-bond acceptors (Lipinski definition) is 5. The average molecular weight is 456 g/mol. The summed E-state index contributed by atoms with van der Waals surface area (Å²) in [5.41, 5.74) is 3.14. The highest BCUT2D eigenvalue weighted by Crippen LogP contribution is 2.18. The van der Waals surface area contributed by atoms with Crippen LogP contribution in [0.5, 0.6) is 0 Å². The summed E-state index contributed by atoms with van der Waals surface area (Å²) in [6.07, 6.45) is 0.367. The molecule has 3 aromatic rings. The zero-order valence-corrected chi connectivity index (χ0v) is 18.6. The molecule has 2 heterocycles. The Morgan fingerprint density at radius 1 is 1.13 bits per heavy atom. The first-order valence-corrected chi connectivity index (χ1v) is 11.5. The summed E-state index contributed by atoms with van der Waals surface area (Å²) in [4.78, 5) is 27.0. The first-order chi connectivity index (χ1) is 15.0. The van der Waals surface area contributed by atoms with Gasteiger partial charge in [-0.15, -0.1) is 5.10 Å². The number of nitrogens with zero attached hydrogens (tertiary/aromatic N) is 4. The van der Waals surface area contributed by atoms with E-state index >= 15 is 0 Å². The molecule has 0 unspecified atom stereocenters. The molecule has 7 nitrogen and oxygen atoms in total. The number of aromatic nitrogens is 3. The van der Waals surface area contributed by atoms with Crippen LogP contribution in [0.25, 0.3) is 5.69 Å². The van der Waals surface area contributed by atoms with Crippen molar-refractivity contribution in [2.45, 2.75) is 13.3 Å². The summed E-state index contributed by atoms with van der Waals surface area (Å²) in [6.45, 7) is 3.41. The van der Waals surface area contributed by atoms with Gasteiger partial charge in [-0.25, -0.2) is 4.68 Å². The maximum absolute atomic E-state index is 12.7. The third kappa shape index (κ3) is 5.08. The van der Waals surface area contributed by atoms with Gasteiger partial charge in [0.1, 0.15) is 0 Å². The number of carbonyl (C=O) groups excluding carboxylic acids is 2. The molecule has 160 valence electrons. The molecule has 1 saturated heterocycles. The zero-order chi connectivity index (χ0) is 21.8. The molecule has 2 aromatic carbocycles. The number of nitrogens with one attached hydrogen (secondary N) is 1. The molecule has 1 aromatic heterocycles. The van der Waals surface area contributed by atoms with Gasteiger partial charge in [-0.2, -0.15) is 11.8 Å². The van der Waals surface area contributed by atoms with Crippen molar-refractivity contribution in [1.82, 2.24) is 19.9 Å². The number of amides is 2. The molecule has 9 heteroatoms. The Labute approximate surface area is 189 Å². The Morgan fingerprint density at radius 2 is 1.87 bits per heavy atom. The molecule has 0 radical (unpaired) electrons. The monoisotopic (exact) mass is 455 g/mol. The van der Waals surface area contributed by atoms with E-state index in [9.17, 15) is 9.59 Å². The smallest absolute Gasteiger partial charge is 0.278 e. The quantitative estimate of drug-likeness (QED) is 0.635. The van der Waals surface area contributed by atoms with Crippen molar-refractivity contribution in [2.24, 2.45) is 0 Å². The first kappa shape index (κ1) is 21.4. The van der Waals surface area contributed by atoms with Gasteiger partial charge >= 0.3 is 0 Å². The maximum atomic E-state index is 12.7. The van der Waals surface area contributed by atoms with Crippen molar-refractivity contribution in [1.29, 1.82) is 0 Å². The summed E-state index contributed by atoms with van der Waals surface area (Å²) in [7, 11) is 0. The van der Waals surface area contributed by atoms with Gasteiger partial charge in [0.2, 0.25) is 5.91 Å². The van der Waals surface area contributed by atoms with E-state index < -0.39 is 0 Å². The number of anilines is 1. The number of rotatable bonds is 5. The Kier molecular flexibility index (Phi) is 6.58. The van der Waals surface area contributed by atoms with Gasteiger partial charge in [-0.1, -0.05) is 35.0 Å². The van der Waals surface area contributed by atoms with Crippen LogP contribution in [0.1, 0.15) is 21.7 Å². The number of carbonyl (C=O) groups is 2. The Bertz CT molecular complexity index is 1090. The third-order valence-electron chi connectivity index (χ3n) is 5.09. The second-order valence-electron chi connectivity index (χ2n) is 7.24. The fourth-order valence-corrected chi connectivity index (χ4v) is 4.48. The maximum Gasteiger partial charge on any atom is 0.278 e. The van der Waals surface area contributed by atoms with Crippen LogP contribution in [-0.4, -0.2) is 56.3 Å². The zero-order valence-electron chi connectivity index (χ0n) is 17.0. The van der Waals surface area contributed by atoms with Crippen LogP contribution in [0.4, 0.5) is 5.69 Å². The number of benzene rings is 2. The SMILES string of the molecule is Cc1c(C(=O)Nc2ccc(CC(=O)N3CCSCC3)cc2)nnn1-c1cccc(Cl)c1. The van der Waals surface area contributed by atoms with E-state index in [-0.39, 0.29) is 17.5 Å². The fraction of sp³-hybridized carbons (Fsp3) is 0.273.